The highest BCUT2D eigenvalue weighted by Gasteiger charge is 2.26. The zero-order valence-corrected chi connectivity index (χ0v) is 15.2. The van der Waals surface area contributed by atoms with Crippen LogP contribution < -0.4 is 10.5 Å². The molecule has 0 aliphatic heterocycles. The van der Waals surface area contributed by atoms with E-state index in [1.165, 1.54) is 23.5 Å². The number of primary amides is 1. The van der Waals surface area contributed by atoms with Crippen LogP contribution in [0.2, 0.25) is 0 Å². The highest BCUT2D eigenvalue weighted by Crippen LogP contribution is 2.37. The fourth-order valence-corrected chi connectivity index (χ4v) is 5.65. The van der Waals surface area contributed by atoms with Gasteiger partial charge in [-0.25, -0.2) is 12.8 Å². The van der Waals surface area contributed by atoms with Crippen molar-refractivity contribution >= 4 is 32.3 Å². The van der Waals surface area contributed by atoms with Gasteiger partial charge < -0.3 is 5.73 Å². The van der Waals surface area contributed by atoms with Crippen molar-refractivity contribution in [3.05, 3.63) is 46.1 Å². The Hall–Kier alpha value is -1.93. The molecule has 0 fully saturated rings. The van der Waals surface area contributed by atoms with Crippen LogP contribution in [0.3, 0.4) is 0 Å². The molecule has 0 unspecified atom stereocenters. The van der Waals surface area contributed by atoms with E-state index in [4.69, 9.17) is 5.73 Å². The predicted molar refractivity (Wildman–Crippen MR) is 95.9 cm³/mol. The number of hydrogen-bond donors (Lipinski definition) is 2. The molecule has 3 N–H and O–H groups in total. The lowest BCUT2D eigenvalue weighted by Crippen LogP contribution is -2.18. The summed E-state index contributed by atoms with van der Waals surface area (Å²) in [4.78, 5) is 12.9. The van der Waals surface area contributed by atoms with Crippen LogP contribution in [0.5, 0.6) is 0 Å². The molecular formula is C17H19FN2O3S2. The minimum Gasteiger partial charge on any atom is -0.365 e. The zero-order valence-electron chi connectivity index (χ0n) is 13.5. The SMILES string of the molecule is NC(=O)c1c(NS(=O)(=O)c2ccc(F)cc2)sc2c1CCCCCC2. The van der Waals surface area contributed by atoms with Gasteiger partial charge in [-0.3, -0.25) is 9.52 Å². The number of hydrogen-bond acceptors (Lipinski definition) is 4. The van der Waals surface area contributed by atoms with E-state index in [-0.39, 0.29) is 15.5 Å². The summed E-state index contributed by atoms with van der Waals surface area (Å²) in [5, 5.41) is 0.253. The second-order valence-corrected chi connectivity index (χ2v) is 8.83. The number of amides is 1. The normalized spacial score (nSPS) is 15.1. The number of carbonyl (C=O) groups excluding carboxylic acids is 1. The Morgan fingerprint density at radius 1 is 1.08 bits per heavy atom. The Labute approximate surface area is 150 Å². The van der Waals surface area contributed by atoms with Crippen LogP contribution in [0.4, 0.5) is 9.39 Å². The van der Waals surface area contributed by atoms with Gasteiger partial charge in [-0.05, 0) is 55.5 Å². The molecule has 0 spiro atoms. The Bertz CT molecular complexity index is 889. The van der Waals surface area contributed by atoms with Gasteiger partial charge in [-0.1, -0.05) is 12.8 Å². The number of anilines is 1. The van der Waals surface area contributed by atoms with Gasteiger partial charge in [0.2, 0.25) is 0 Å². The van der Waals surface area contributed by atoms with E-state index in [0.29, 0.717) is 0 Å². The third kappa shape index (κ3) is 3.85. The maximum Gasteiger partial charge on any atom is 0.262 e. The topological polar surface area (TPSA) is 89.3 Å². The van der Waals surface area contributed by atoms with E-state index in [1.54, 1.807) is 0 Å². The Morgan fingerprint density at radius 2 is 1.72 bits per heavy atom. The van der Waals surface area contributed by atoms with Crippen LogP contribution in [-0.2, 0) is 22.9 Å². The standard InChI is InChI=1S/C17H19FN2O3S2/c18-11-7-9-12(10-8-11)25(22,23)20-17-15(16(19)21)13-5-3-1-2-4-6-14(13)24-17/h7-10,20H,1-6H2,(H2,19,21). The smallest absolute Gasteiger partial charge is 0.262 e. The van der Waals surface area contributed by atoms with Gasteiger partial charge in [0.1, 0.15) is 10.8 Å². The summed E-state index contributed by atoms with van der Waals surface area (Å²) in [5.41, 5.74) is 6.67. The molecule has 0 atom stereocenters. The number of halogens is 1. The molecule has 134 valence electrons. The van der Waals surface area contributed by atoms with Crippen LogP contribution >= 0.6 is 11.3 Å². The average molecular weight is 382 g/mol. The first kappa shape index (κ1) is 17.9. The molecule has 1 aromatic carbocycles. The highest BCUT2D eigenvalue weighted by molar-refractivity contribution is 7.93. The van der Waals surface area contributed by atoms with Gasteiger partial charge in [0.25, 0.3) is 15.9 Å². The molecule has 8 heteroatoms. The van der Waals surface area contributed by atoms with Crippen molar-refractivity contribution in [2.45, 2.75) is 43.4 Å². The molecule has 0 saturated heterocycles. The van der Waals surface area contributed by atoms with E-state index < -0.39 is 21.7 Å². The lowest BCUT2D eigenvalue weighted by Gasteiger charge is -2.10. The first-order valence-corrected chi connectivity index (χ1v) is 10.4. The number of carbonyl (C=O) groups is 1. The minimum absolute atomic E-state index is 0.0647. The number of thiophene rings is 1. The Balaban J connectivity index is 2.00. The molecule has 0 bridgehead atoms. The summed E-state index contributed by atoms with van der Waals surface area (Å²) in [7, 11) is -3.92. The van der Waals surface area contributed by atoms with Gasteiger partial charge >= 0.3 is 0 Å². The van der Waals surface area contributed by atoms with Crippen LogP contribution in [-0.4, -0.2) is 14.3 Å². The molecule has 0 radical (unpaired) electrons. The number of nitrogens with one attached hydrogen (secondary N) is 1. The summed E-state index contributed by atoms with van der Waals surface area (Å²) >= 11 is 1.27. The molecular weight excluding hydrogens is 363 g/mol. The van der Waals surface area contributed by atoms with Gasteiger partial charge in [-0.2, -0.15) is 0 Å². The number of benzene rings is 1. The van der Waals surface area contributed by atoms with Crippen LogP contribution in [0.1, 0.15) is 46.5 Å². The summed E-state index contributed by atoms with van der Waals surface area (Å²) in [6.45, 7) is 0. The van der Waals surface area contributed by atoms with E-state index in [1.807, 2.05) is 0 Å². The molecule has 0 saturated carbocycles. The maximum absolute atomic E-state index is 13.0. The Morgan fingerprint density at radius 3 is 2.36 bits per heavy atom. The molecule has 5 nitrogen and oxygen atoms in total. The van der Waals surface area contributed by atoms with Gasteiger partial charge in [0.15, 0.2) is 0 Å². The van der Waals surface area contributed by atoms with Crippen LogP contribution in [0.25, 0.3) is 0 Å². The number of nitrogens with two attached hydrogens (primary N) is 1. The molecule has 2 aromatic rings. The van der Waals surface area contributed by atoms with Gasteiger partial charge in [0.05, 0.1) is 10.5 Å². The number of aryl methyl sites for hydroxylation is 1. The van der Waals surface area contributed by atoms with Crippen LogP contribution in [0.15, 0.2) is 29.2 Å². The van der Waals surface area contributed by atoms with Crippen molar-refractivity contribution in [2.24, 2.45) is 5.73 Å². The van der Waals surface area contributed by atoms with Crippen molar-refractivity contribution in [3.8, 4) is 0 Å². The van der Waals surface area contributed by atoms with E-state index in [0.717, 1.165) is 61.1 Å². The number of sulfonamides is 1. The largest absolute Gasteiger partial charge is 0.365 e. The first-order chi connectivity index (χ1) is 11.9. The van der Waals surface area contributed by atoms with Crippen molar-refractivity contribution in [1.82, 2.24) is 0 Å². The summed E-state index contributed by atoms with van der Waals surface area (Å²) in [6.07, 6.45) is 5.72. The monoisotopic (exact) mass is 382 g/mol. The average Bonchev–Trinajstić information content (AvgIpc) is 2.84. The van der Waals surface area contributed by atoms with Crippen molar-refractivity contribution < 1.29 is 17.6 Å². The third-order valence-electron chi connectivity index (χ3n) is 4.27. The van der Waals surface area contributed by atoms with E-state index >= 15 is 0 Å². The molecule has 1 aliphatic rings. The van der Waals surface area contributed by atoms with Gasteiger partial charge in [0, 0.05) is 4.88 Å². The van der Waals surface area contributed by atoms with E-state index in [9.17, 15) is 17.6 Å². The predicted octanol–water partition coefficient (Wildman–Crippen LogP) is 3.45. The summed E-state index contributed by atoms with van der Waals surface area (Å²) in [6, 6.07) is 4.53. The molecule has 25 heavy (non-hydrogen) atoms. The number of rotatable bonds is 4. The van der Waals surface area contributed by atoms with Crippen molar-refractivity contribution in [2.75, 3.05) is 4.72 Å². The fraction of sp³-hybridized carbons (Fsp3) is 0.353. The van der Waals surface area contributed by atoms with E-state index in [2.05, 4.69) is 4.72 Å². The fourth-order valence-electron chi connectivity index (χ4n) is 3.05. The second kappa shape index (κ2) is 7.13. The lowest BCUT2D eigenvalue weighted by molar-refractivity contribution is 0.100. The summed E-state index contributed by atoms with van der Waals surface area (Å²) < 4.78 is 40.6. The Kier molecular flexibility index (Phi) is 5.10. The minimum atomic E-state index is -3.92. The molecule has 1 amide bonds. The third-order valence-corrected chi connectivity index (χ3v) is 6.97. The maximum atomic E-state index is 13.0. The highest BCUT2D eigenvalue weighted by atomic mass is 32.2. The quantitative estimate of drug-likeness (QED) is 0.849. The molecule has 3 rings (SSSR count). The van der Waals surface area contributed by atoms with Crippen molar-refractivity contribution in [1.29, 1.82) is 0 Å². The first-order valence-electron chi connectivity index (χ1n) is 8.11. The van der Waals surface area contributed by atoms with Gasteiger partial charge in [-0.15, -0.1) is 11.3 Å². The van der Waals surface area contributed by atoms with Crippen molar-refractivity contribution in [3.63, 3.8) is 0 Å². The molecule has 1 aliphatic carbocycles. The molecule has 1 aromatic heterocycles. The van der Waals surface area contributed by atoms with Crippen LogP contribution in [0, 0.1) is 5.82 Å². The second-order valence-electron chi connectivity index (χ2n) is 6.05. The zero-order chi connectivity index (χ0) is 18.0. The number of fused-ring (bicyclic) bond motifs is 1. The lowest BCUT2D eigenvalue weighted by atomic mass is 9.96. The summed E-state index contributed by atoms with van der Waals surface area (Å²) in [5.74, 6) is -1.15. The molecule has 1 heterocycles.